The summed E-state index contributed by atoms with van der Waals surface area (Å²) in [5.74, 6) is 0.852. The van der Waals surface area contributed by atoms with E-state index in [0.717, 1.165) is 17.1 Å². The third kappa shape index (κ3) is 7.65. The van der Waals surface area contributed by atoms with Crippen molar-refractivity contribution >= 4 is 41.3 Å². The van der Waals surface area contributed by atoms with Crippen molar-refractivity contribution in [2.24, 2.45) is 10.9 Å². The first kappa shape index (κ1) is 22.4. The van der Waals surface area contributed by atoms with E-state index in [2.05, 4.69) is 20.6 Å². The Balaban J connectivity index is 0.00000312. The fraction of sp³-hybridized carbons (Fsp3) is 0.733. The van der Waals surface area contributed by atoms with Gasteiger partial charge in [0.15, 0.2) is 5.96 Å². The van der Waals surface area contributed by atoms with Crippen LogP contribution in [0.1, 0.15) is 22.0 Å². The number of aromatic nitrogens is 1. The summed E-state index contributed by atoms with van der Waals surface area (Å²) in [6.07, 6.45) is -3.35. The molecule has 1 aromatic rings. The van der Waals surface area contributed by atoms with Crippen LogP contribution < -0.4 is 10.6 Å². The third-order valence-corrected chi connectivity index (χ3v) is 5.11. The molecule has 0 spiro atoms. The van der Waals surface area contributed by atoms with Gasteiger partial charge in [0.1, 0.15) is 5.01 Å². The minimum atomic E-state index is -4.12. The lowest BCUT2D eigenvalue weighted by molar-refractivity contribution is -0.143. The normalized spacial score (nSPS) is 19.0. The smallest absolute Gasteiger partial charge is 0.356 e. The van der Waals surface area contributed by atoms with Crippen LogP contribution in [0.4, 0.5) is 13.2 Å². The number of likely N-dealkylation sites (tertiary alicyclic amines) is 1. The SMILES string of the molecule is CN=C(NCc1nc(C)c(C)s1)NCC1CCN(CC(F)(F)F)C1.I. The van der Waals surface area contributed by atoms with Crippen LogP contribution in [0, 0.1) is 19.8 Å². The Morgan fingerprint density at radius 3 is 2.64 bits per heavy atom. The fourth-order valence-electron chi connectivity index (χ4n) is 2.71. The molecule has 1 aromatic heterocycles. The zero-order valence-electron chi connectivity index (χ0n) is 14.6. The van der Waals surface area contributed by atoms with Gasteiger partial charge in [-0.2, -0.15) is 13.2 Å². The van der Waals surface area contributed by atoms with Gasteiger partial charge in [0.2, 0.25) is 0 Å². The van der Waals surface area contributed by atoms with Crippen molar-refractivity contribution in [1.29, 1.82) is 0 Å². The van der Waals surface area contributed by atoms with E-state index in [-0.39, 0.29) is 29.9 Å². The molecule has 0 radical (unpaired) electrons. The van der Waals surface area contributed by atoms with Crippen LogP contribution in [-0.4, -0.2) is 55.2 Å². The molecule has 0 bridgehead atoms. The van der Waals surface area contributed by atoms with E-state index in [9.17, 15) is 13.2 Å². The third-order valence-electron chi connectivity index (χ3n) is 4.03. The Morgan fingerprint density at radius 1 is 1.36 bits per heavy atom. The molecule has 144 valence electrons. The number of hydrogen-bond acceptors (Lipinski definition) is 4. The molecule has 5 nitrogen and oxygen atoms in total. The largest absolute Gasteiger partial charge is 0.401 e. The summed E-state index contributed by atoms with van der Waals surface area (Å²) in [6.45, 7) is 5.36. The zero-order chi connectivity index (χ0) is 17.7. The average molecular weight is 491 g/mol. The predicted molar refractivity (Wildman–Crippen MR) is 106 cm³/mol. The van der Waals surface area contributed by atoms with Crippen molar-refractivity contribution in [3.8, 4) is 0 Å². The Morgan fingerprint density at radius 2 is 2.08 bits per heavy atom. The Bertz CT molecular complexity index is 557. The number of thiazole rings is 1. The molecule has 1 aliphatic rings. The topological polar surface area (TPSA) is 52.6 Å². The number of rotatable bonds is 5. The molecule has 2 N–H and O–H groups in total. The Kier molecular flexibility index (Phi) is 8.89. The van der Waals surface area contributed by atoms with E-state index in [1.807, 2.05) is 13.8 Å². The minimum Gasteiger partial charge on any atom is -0.356 e. The van der Waals surface area contributed by atoms with Gasteiger partial charge in [-0.15, -0.1) is 35.3 Å². The molecule has 0 aliphatic carbocycles. The molecular formula is C15H25F3IN5S. The van der Waals surface area contributed by atoms with Crippen molar-refractivity contribution in [3.63, 3.8) is 0 Å². The summed E-state index contributed by atoms with van der Waals surface area (Å²) in [6, 6.07) is 0. The van der Waals surface area contributed by atoms with Crippen molar-refractivity contribution in [2.75, 3.05) is 33.2 Å². The van der Waals surface area contributed by atoms with E-state index >= 15 is 0 Å². The monoisotopic (exact) mass is 491 g/mol. The zero-order valence-corrected chi connectivity index (χ0v) is 17.8. The summed E-state index contributed by atoms with van der Waals surface area (Å²) >= 11 is 1.65. The van der Waals surface area contributed by atoms with Gasteiger partial charge in [-0.3, -0.25) is 9.89 Å². The molecule has 25 heavy (non-hydrogen) atoms. The van der Waals surface area contributed by atoms with Crippen LogP contribution in [0.15, 0.2) is 4.99 Å². The molecule has 0 aromatic carbocycles. The van der Waals surface area contributed by atoms with Crippen molar-refractivity contribution in [3.05, 3.63) is 15.6 Å². The maximum atomic E-state index is 12.4. The lowest BCUT2D eigenvalue weighted by atomic mass is 10.1. The number of aryl methyl sites for hydroxylation is 2. The first-order valence-electron chi connectivity index (χ1n) is 7.93. The Labute approximate surface area is 167 Å². The van der Waals surface area contributed by atoms with E-state index in [1.165, 1.54) is 9.78 Å². The van der Waals surface area contributed by atoms with Gasteiger partial charge in [-0.25, -0.2) is 4.98 Å². The highest BCUT2D eigenvalue weighted by molar-refractivity contribution is 14.0. The summed E-state index contributed by atoms with van der Waals surface area (Å²) in [5, 5.41) is 7.38. The second kappa shape index (κ2) is 9.91. The number of halogens is 4. The van der Waals surface area contributed by atoms with Crippen molar-refractivity contribution in [1.82, 2.24) is 20.5 Å². The quantitative estimate of drug-likeness (QED) is 0.378. The van der Waals surface area contributed by atoms with Crippen LogP contribution in [0.25, 0.3) is 0 Å². The van der Waals surface area contributed by atoms with Gasteiger partial charge in [-0.1, -0.05) is 0 Å². The maximum absolute atomic E-state index is 12.4. The highest BCUT2D eigenvalue weighted by atomic mass is 127. The molecule has 10 heteroatoms. The predicted octanol–water partition coefficient (Wildman–Crippen LogP) is 2.93. The molecule has 1 atom stereocenters. The van der Waals surface area contributed by atoms with Crippen LogP contribution in [-0.2, 0) is 6.54 Å². The van der Waals surface area contributed by atoms with E-state index < -0.39 is 12.7 Å². The number of nitrogens with one attached hydrogen (secondary N) is 2. The van der Waals surface area contributed by atoms with Gasteiger partial charge < -0.3 is 10.6 Å². The van der Waals surface area contributed by atoms with Crippen molar-refractivity contribution < 1.29 is 13.2 Å². The molecule has 2 rings (SSSR count). The van der Waals surface area contributed by atoms with Crippen molar-refractivity contribution in [2.45, 2.75) is 33.0 Å². The summed E-state index contributed by atoms with van der Waals surface area (Å²) < 4.78 is 37.2. The van der Waals surface area contributed by atoms with Gasteiger partial charge in [0.05, 0.1) is 18.8 Å². The fourth-order valence-corrected chi connectivity index (χ4v) is 3.59. The van der Waals surface area contributed by atoms with Gasteiger partial charge in [0, 0.05) is 25.0 Å². The summed E-state index contributed by atoms with van der Waals surface area (Å²) in [7, 11) is 1.68. The van der Waals surface area contributed by atoms with E-state index in [1.54, 1.807) is 18.4 Å². The molecular weight excluding hydrogens is 466 g/mol. The van der Waals surface area contributed by atoms with Crippen LogP contribution in [0.2, 0.25) is 0 Å². The number of nitrogens with zero attached hydrogens (tertiary/aromatic N) is 3. The summed E-state index contributed by atoms with van der Waals surface area (Å²) in [4.78, 5) is 11.3. The number of aliphatic imine (C=N–C) groups is 1. The lowest BCUT2D eigenvalue weighted by Crippen LogP contribution is -2.40. The number of hydrogen-bond donors (Lipinski definition) is 2. The highest BCUT2D eigenvalue weighted by Crippen LogP contribution is 2.22. The molecule has 1 saturated heterocycles. The Hall–Kier alpha value is -0.620. The minimum absolute atomic E-state index is 0. The van der Waals surface area contributed by atoms with Crippen LogP contribution in [0.3, 0.4) is 0 Å². The molecule has 1 unspecified atom stereocenters. The molecule has 1 fully saturated rings. The highest BCUT2D eigenvalue weighted by Gasteiger charge is 2.34. The standard InChI is InChI=1S/C15H24F3N5S.HI/c1-10-11(2)24-13(22-10)7-21-14(19-3)20-6-12-4-5-23(8-12)9-15(16,17)18;/h12H,4-9H2,1-3H3,(H2,19,20,21);1H. The number of guanidine groups is 1. The van der Waals surface area contributed by atoms with E-state index in [4.69, 9.17) is 0 Å². The van der Waals surface area contributed by atoms with Crippen LogP contribution in [0.5, 0.6) is 0 Å². The van der Waals surface area contributed by atoms with Gasteiger partial charge in [0.25, 0.3) is 0 Å². The van der Waals surface area contributed by atoms with Crippen LogP contribution >= 0.6 is 35.3 Å². The van der Waals surface area contributed by atoms with Gasteiger partial charge >= 0.3 is 6.18 Å². The average Bonchev–Trinajstić information content (AvgIpc) is 3.04. The van der Waals surface area contributed by atoms with Gasteiger partial charge in [-0.05, 0) is 32.7 Å². The molecule has 1 aliphatic heterocycles. The maximum Gasteiger partial charge on any atom is 0.401 e. The second-order valence-electron chi connectivity index (χ2n) is 6.06. The first-order chi connectivity index (χ1) is 11.3. The van der Waals surface area contributed by atoms with E-state index in [0.29, 0.717) is 32.1 Å². The lowest BCUT2D eigenvalue weighted by Gasteiger charge is -2.18. The number of alkyl halides is 3. The molecule has 0 amide bonds. The second-order valence-corrected chi connectivity index (χ2v) is 7.35. The summed E-state index contributed by atoms with van der Waals surface area (Å²) in [5.41, 5.74) is 1.04. The molecule has 2 heterocycles. The molecule has 0 saturated carbocycles. The first-order valence-corrected chi connectivity index (χ1v) is 8.75.